The Hall–Kier alpha value is -2.15. The van der Waals surface area contributed by atoms with Gasteiger partial charge in [-0.15, -0.1) is 0 Å². The lowest BCUT2D eigenvalue weighted by molar-refractivity contribution is -0.384. The van der Waals surface area contributed by atoms with E-state index in [-0.39, 0.29) is 17.1 Å². The van der Waals surface area contributed by atoms with Crippen LogP contribution >= 0.6 is 0 Å². The summed E-state index contributed by atoms with van der Waals surface area (Å²) in [5.74, 6) is -0.231. The van der Waals surface area contributed by atoms with Gasteiger partial charge in [0.25, 0.3) is 5.69 Å². The molecule has 1 aromatic rings. The van der Waals surface area contributed by atoms with Crippen LogP contribution in [0.1, 0.15) is 52.0 Å². The van der Waals surface area contributed by atoms with E-state index in [0.717, 1.165) is 24.1 Å². The first-order valence-corrected chi connectivity index (χ1v) is 8.62. The number of carbonyl (C=O) groups is 1. The number of benzene rings is 1. The predicted molar refractivity (Wildman–Crippen MR) is 96.6 cm³/mol. The number of hydrogen-bond donors (Lipinski definition) is 2. The Morgan fingerprint density at radius 1 is 1.40 bits per heavy atom. The highest BCUT2D eigenvalue weighted by Crippen LogP contribution is 2.44. The molecule has 0 radical (unpaired) electrons. The molecule has 1 aromatic carbocycles. The largest absolute Gasteiger partial charge is 0.460 e. The van der Waals surface area contributed by atoms with Gasteiger partial charge in [0.1, 0.15) is 5.60 Å². The average molecular weight is 349 g/mol. The van der Waals surface area contributed by atoms with Crippen molar-refractivity contribution in [3.63, 3.8) is 0 Å². The van der Waals surface area contributed by atoms with Crippen molar-refractivity contribution >= 4 is 17.3 Å². The van der Waals surface area contributed by atoms with Crippen molar-refractivity contribution in [2.24, 2.45) is 5.73 Å². The van der Waals surface area contributed by atoms with Crippen molar-refractivity contribution in [2.75, 3.05) is 18.4 Å². The maximum atomic E-state index is 12.1. The van der Waals surface area contributed by atoms with E-state index in [2.05, 4.69) is 5.32 Å². The lowest BCUT2D eigenvalue weighted by atomic mass is 9.69. The lowest BCUT2D eigenvalue weighted by Crippen LogP contribution is -2.37. The van der Waals surface area contributed by atoms with Gasteiger partial charge in [-0.25, -0.2) is 0 Å². The Morgan fingerprint density at radius 3 is 2.72 bits per heavy atom. The molecule has 1 atom stereocenters. The Bertz CT molecular complexity index is 654. The average Bonchev–Trinajstić information content (AvgIpc) is 2.51. The van der Waals surface area contributed by atoms with E-state index in [0.29, 0.717) is 25.9 Å². The molecule has 0 saturated carbocycles. The zero-order valence-corrected chi connectivity index (χ0v) is 15.1. The third-order valence-electron chi connectivity index (χ3n) is 4.55. The van der Waals surface area contributed by atoms with Gasteiger partial charge in [-0.05, 0) is 58.2 Å². The molecule has 0 spiro atoms. The topological polar surface area (TPSA) is 107 Å². The number of anilines is 1. The summed E-state index contributed by atoms with van der Waals surface area (Å²) in [4.78, 5) is 22.8. The number of ether oxygens (including phenoxy) is 1. The summed E-state index contributed by atoms with van der Waals surface area (Å²) in [5, 5.41) is 14.3. The van der Waals surface area contributed by atoms with E-state index < -0.39 is 10.5 Å². The number of rotatable bonds is 6. The van der Waals surface area contributed by atoms with E-state index in [1.165, 1.54) is 6.07 Å². The zero-order valence-electron chi connectivity index (χ0n) is 15.1. The van der Waals surface area contributed by atoms with E-state index in [1.807, 2.05) is 20.8 Å². The smallest absolute Gasteiger partial charge is 0.306 e. The number of nitro benzene ring substituents is 1. The quantitative estimate of drug-likeness (QED) is 0.464. The molecule has 0 aromatic heterocycles. The van der Waals surface area contributed by atoms with Gasteiger partial charge >= 0.3 is 5.97 Å². The molecule has 0 saturated heterocycles. The third kappa shape index (κ3) is 4.69. The number of esters is 1. The number of fused-ring (bicyclic) bond motifs is 1. The van der Waals surface area contributed by atoms with Crippen LogP contribution in [0.4, 0.5) is 11.4 Å². The van der Waals surface area contributed by atoms with Crippen molar-refractivity contribution in [3.8, 4) is 0 Å². The fourth-order valence-corrected chi connectivity index (χ4v) is 3.48. The van der Waals surface area contributed by atoms with Gasteiger partial charge in [-0.2, -0.15) is 0 Å². The summed E-state index contributed by atoms with van der Waals surface area (Å²) in [5.41, 5.74) is 6.89. The summed E-state index contributed by atoms with van der Waals surface area (Å²) in [6, 6.07) is 4.88. The second-order valence-corrected chi connectivity index (χ2v) is 7.57. The highest BCUT2D eigenvalue weighted by Gasteiger charge is 2.37. The molecular formula is C18H27N3O4. The van der Waals surface area contributed by atoms with Crippen molar-refractivity contribution in [1.29, 1.82) is 0 Å². The molecule has 138 valence electrons. The number of non-ortho nitro benzene ring substituents is 1. The third-order valence-corrected chi connectivity index (χ3v) is 4.55. The molecule has 1 aliphatic heterocycles. The second kappa shape index (κ2) is 7.39. The van der Waals surface area contributed by atoms with Gasteiger partial charge in [-0.1, -0.05) is 0 Å². The van der Waals surface area contributed by atoms with Crippen LogP contribution in [-0.2, 0) is 14.9 Å². The molecule has 7 nitrogen and oxygen atoms in total. The molecule has 1 unspecified atom stereocenters. The maximum absolute atomic E-state index is 12.1. The molecule has 0 amide bonds. The lowest BCUT2D eigenvalue weighted by Gasteiger charge is -2.39. The van der Waals surface area contributed by atoms with Gasteiger partial charge in [0.15, 0.2) is 0 Å². The Kier molecular flexibility index (Phi) is 5.67. The summed E-state index contributed by atoms with van der Waals surface area (Å²) in [6.45, 7) is 6.73. The molecule has 2 rings (SSSR count). The normalized spacial score (nSPS) is 19.7. The highest BCUT2D eigenvalue weighted by molar-refractivity contribution is 5.70. The van der Waals surface area contributed by atoms with E-state index in [1.54, 1.807) is 12.1 Å². The van der Waals surface area contributed by atoms with Crippen LogP contribution in [-0.4, -0.2) is 29.6 Å². The monoisotopic (exact) mass is 349 g/mol. The van der Waals surface area contributed by atoms with Crippen LogP contribution in [0.15, 0.2) is 18.2 Å². The first kappa shape index (κ1) is 19.2. The van der Waals surface area contributed by atoms with E-state index >= 15 is 0 Å². The van der Waals surface area contributed by atoms with Gasteiger partial charge < -0.3 is 15.8 Å². The van der Waals surface area contributed by atoms with E-state index in [4.69, 9.17) is 10.5 Å². The van der Waals surface area contributed by atoms with Crippen LogP contribution in [0.2, 0.25) is 0 Å². The van der Waals surface area contributed by atoms with E-state index in [9.17, 15) is 14.9 Å². The Balaban J connectivity index is 2.26. The number of nitrogens with two attached hydrogens (primary N) is 1. The summed E-state index contributed by atoms with van der Waals surface area (Å²) in [7, 11) is 0. The second-order valence-electron chi connectivity index (χ2n) is 7.57. The molecule has 1 heterocycles. The number of carbonyl (C=O) groups excluding carboxylic acids is 1. The van der Waals surface area contributed by atoms with Crippen molar-refractivity contribution in [2.45, 2.75) is 57.5 Å². The van der Waals surface area contributed by atoms with Gasteiger partial charge in [-0.3, -0.25) is 14.9 Å². The molecule has 0 aliphatic carbocycles. The molecule has 3 N–H and O–H groups in total. The summed E-state index contributed by atoms with van der Waals surface area (Å²) < 4.78 is 5.42. The fraction of sp³-hybridized carbons (Fsp3) is 0.611. The van der Waals surface area contributed by atoms with Crippen molar-refractivity contribution in [3.05, 3.63) is 33.9 Å². The Labute approximate surface area is 148 Å². The number of nitro groups is 1. The summed E-state index contributed by atoms with van der Waals surface area (Å²) in [6.07, 6.45) is 2.47. The van der Waals surface area contributed by atoms with Crippen LogP contribution < -0.4 is 11.1 Å². The van der Waals surface area contributed by atoms with Crippen LogP contribution in [0.25, 0.3) is 0 Å². The number of nitrogens with zero attached hydrogens (tertiary/aromatic N) is 1. The first-order valence-electron chi connectivity index (χ1n) is 8.62. The number of hydrogen-bond acceptors (Lipinski definition) is 6. The van der Waals surface area contributed by atoms with Crippen molar-refractivity contribution < 1.29 is 14.5 Å². The minimum absolute atomic E-state index is 0.0574. The molecule has 0 fully saturated rings. The molecular weight excluding hydrogens is 322 g/mol. The molecule has 7 heteroatoms. The Morgan fingerprint density at radius 2 is 2.12 bits per heavy atom. The van der Waals surface area contributed by atoms with Gasteiger partial charge in [0.2, 0.25) is 0 Å². The molecule has 25 heavy (non-hydrogen) atoms. The summed E-state index contributed by atoms with van der Waals surface area (Å²) >= 11 is 0. The predicted octanol–water partition coefficient (Wildman–Crippen LogP) is 3.12. The van der Waals surface area contributed by atoms with Crippen LogP contribution in [0, 0.1) is 10.1 Å². The SMILES string of the molecule is CC(C)(C)OC(=O)CCC1(CCN)CCNc2cc([N+](=O)[O-])ccc21. The minimum atomic E-state index is -0.509. The van der Waals surface area contributed by atoms with Gasteiger partial charge in [0, 0.05) is 36.2 Å². The molecule has 0 bridgehead atoms. The standard InChI is InChI=1S/C18H27N3O4/c1-17(2,3)25-16(22)6-7-18(8-10-19)9-11-20-15-12-13(21(23)24)4-5-14(15)18/h4-5,12,20H,6-11,19H2,1-3H3. The molecule has 1 aliphatic rings. The minimum Gasteiger partial charge on any atom is -0.460 e. The first-order chi connectivity index (χ1) is 11.7. The highest BCUT2D eigenvalue weighted by atomic mass is 16.6. The maximum Gasteiger partial charge on any atom is 0.306 e. The number of nitrogens with one attached hydrogen (secondary N) is 1. The van der Waals surface area contributed by atoms with Crippen LogP contribution in [0.3, 0.4) is 0 Å². The van der Waals surface area contributed by atoms with Crippen molar-refractivity contribution in [1.82, 2.24) is 0 Å². The zero-order chi connectivity index (χ0) is 18.7. The van der Waals surface area contributed by atoms with Gasteiger partial charge in [0.05, 0.1) is 4.92 Å². The van der Waals surface area contributed by atoms with Crippen LogP contribution in [0.5, 0.6) is 0 Å². The fourth-order valence-electron chi connectivity index (χ4n) is 3.48.